The molecule has 0 N–H and O–H groups in total. The normalized spacial score (nSPS) is 11.1. The first-order valence-electron chi connectivity index (χ1n) is 6.82. The summed E-state index contributed by atoms with van der Waals surface area (Å²) in [6.45, 7) is 5.45. The van der Waals surface area contributed by atoms with Gasteiger partial charge in [-0.05, 0) is 45.0 Å². The molecule has 5 nitrogen and oxygen atoms in total. The fourth-order valence-electron chi connectivity index (χ4n) is 1.81. The monoisotopic (exact) mass is 302 g/mol. The number of carbonyl (C=O) groups excluding carboxylic acids is 2. The van der Waals surface area contributed by atoms with Crippen LogP contribution in [0.1, 0.15) is 41.7 Å². The average Bonchev–Trinajstić information content (AvgIpc) is 2.94. The van der Waals surface area contributed by atoms with E-state index in [0.717, 1.165) is 5.56 Å². The van der Waals surface area contributed by atoms with Crippen LogP contribution in [0.2, 0.25) is 0 Å². The number of rotatable bonds is 3. The van der Waals surface area contributed by atoms with Crippen LogP contribution in [0.5, 0.6) is 0 Å². The molecule has 0 aliphatic carbocycles. The van der Waals surface area contributed by atoms with Gasteiger partial charge >= 0.3 is 11.9 Å². The van der Waals surface area contributed by atoms with E-state index in [-0.39, 0.29) is 11.7 Å². The number of esters is 2. The van der Waals surface area contributed by atoms with Crippen LogP contribution >= 0.6 is 0 Å². The molecule has 0 aliphatic rings. The fraction of sp³-hybridized carbons (Fsp3) is 0.294. The minimum absolute atomic E-state index is 0.133. The van der Waals surface area contributed by atoms with Crippen LogP contribution in [-0.4, -0.2) is 24.6 Å². The minimum Gasteiger partial charge on any atom is -0.463 e. The summed E-state index contributed by atoms with van der Waals surface area (Å²) in [5.41, 5.74) is 0.674. The van der Waals surface area contributed by atoms with Gasteiger partial charge in [0, 0.05) is 5.56 Å². The van der Waals surface area contributed by atoms with E-state index in [4.69, 9.17) is 9.15 Å². The Bertz CT molecular complexity index is 674. The first kappa shape index (κ1) is 15.8. The van der Waals surface area contributed by atoms with Gasteiger partial charge in [0.2, 0.25) is 5.76 Å². The minimum atomic E-state index is -0.536. The maximum Gasteiger partial charge on any atom is 0.373 e. The van der Waals surface area contributed by atoms with Gasteiger partial charge in [0.05, 0.1) is 12.7 Å². The lowest BCUT2D eigenvalue weighted by atomic mass is 10.1. The van der Waals surface area contributed by atoms with Crippen molar-refractivity contribution in [2.24, 2.45) is 0 Å². The summed E-state index contributed by atoms with van der Waals surface area (Å²) < 4.78 is 15.3. The highest BCUT2D eigenvalue weighted by Crippen LogP contribution is 2.23. The van der Waals surface area contributed by atoms with E-state index in [0.29, 0.717) is 11.3 Å². The standard InChI is InChI=1S/C17H18O5/c1-17(2,3)22-15(18)12-7-5-11(6-8-12)13-9-10-14(21-13)16(19)20-4/h5-10H,1-4H3. The van der Waals surface area contributed by atoms with Crippen molar-refractivity contribution in [3.05, 3.63) is 47.7 Å². The Hall–Kier alpha value is -2.56. The van der Waals surface area contributed by atoms with Gasteiger partial charge in [-0.2, -0.15) is 0 Å². The summed E-state index contributed by atoms with van der Waals surface area (Å²) in [4.78, 5) is 23.3. The molecule has 0 amide bonds. The van der Waals surface area contributed by atoms with Gasteiger partial charge in [0.15, 0.2) is 0 Å². The van der Waals surface area contributed by atoms with Crippen LogP contribution in [-0.2, 0) is 9.47 Å². The molecule has 0 saturated heterocycles. The molecule has 1 aromatic carbocycles. The molecule has 0 fully saturated rings. The lowest BCUT2D eigenvalue weighted by Crippen LogP contribution is -2.23. The Morgan fingerprint density at radius 2 is 1.59 bits per heavy atom. The summed E-state index contributed by atoms with van der Waals surface area (Å²) >= 11 is 0. The number of carbonyl (C=O) groups is 2. The van der Waals surface area contributed by atoms with Gasteiger partial charge in [-0.1, -0.05) is 12.1 Å². The average molecular weight is 302 g/mol. The van der Waals surface area contributed by atoms with E-state index in [9.17, 15) is 9.59 Å². The van der Waals surface area contributed by atoms with Gasteiger partial charge in [0.25, 0.3) is 0 Å². The lowest BCUT2D eigenvalue weighted by molar-refractivity contribution is 0.00694. The van der Waals surface area contributed by atoms with E-state index >= 15 is 0 Å². The number of hydrogen-bond acceptors (Lipinski definition) is 5. The predicted molar refractivity (Wildman–Crippen MR) is 80.7 cm³/mol. The topological polar surface area (TPSA) is 65.7 Å². The summed E-state index contributed by atoms with van der Waals surface area (Å²) in [6, 6.07) is 10.0. The first-order chi connectivity index (χ1) is 10.3. The third-order valence-electron chi connectivity index (χ3n) is 2.80. The van der Waals surface area contributed by atoms with Crippen molar-refractivity contribution in [2.45, 2.75) is 26.4 Å². The zero-order valence-electron chi connectivity index (χ0n) is 13.0. The highest BCUT2D eigenvalue weighted by Gasteiger charge is 2.18. The van der Waals surface area contributed by atoms with E-state index in [2.05, 4.69) is 4.74 Å². The quantitative estimate of drug-likeness (QED) is 0.809. The van der Waals surface area contributed by atoms with E-state index in [1.54, 1.807) is 36.4 Å². The Morgan fingerprint density at radius 3 is 2.14 bits per heavy atom. The summed E-state index contributed by atoms with van der Waals surface area (Å²) in [6.07, 6.45) is 0. The molecule has 0 bridgehead atoms. The third-order valence-corrected chi connectivity index (χ3v) is 2.80. The van der Waals surface area contributed by atoms with Crippen LogP contribution in [0.15, 0.2) is 40.8 Å². The second-order valence-electron chi connectivity index (χ2n) is 5.73. The number of furan rings is 1. The van der Waals surface area contributed by atoms with Gasteiger partial charge in [0.1, 0.15) is 11.4 Å². The molecular formula is C17H18O5. The molecule has 116 valence electrons. The fourth-order valence-corrected chi connectivity index (χ4v) is 1.81. The summed E-state index contributed by atoms with van der Waals surface area (Å²) in [5, 5.41) is 0. The number of benzene rings is 1. The molecule has 0 unspecified atom stereocenters. The zero-order chi connectivity index (χ0) is 16.3. The number of methoxy groups -OCH3 is 1. The van der Waals surface area contributed by atoms with Crippen molar-refractivity contribution in [2.75, 3.05) is 7.11 Å². The number of ether oxygens (including phenoxy) is 2. The van der Waals surface area contributed by atoms with Crippen LogP contribution in [0.4, 0.5) is 0 Å². The largest absolute Gasteiger partial charge is 0.463 e. The van der Waals surface area contributed by atoms with Crippen LogP contribution in [0.25, 0.3) is 11.3 Å². The highest BCUT2D eigenvalue weighted by atomic mass is 16.6. The van der Waals surface area contributed by atoms with Crippen LogP contribution < -0.4 is 0 Å². The van der Waals surface area contributed by atoms with E-state index in [1.807, 2.05) is 20.8 Å². The molecule has 5 heteroatoms. The molecular weight excluding hydrogens is 284 g/mol. The van der Waals surface area contributed by atoms with Crippen molar-refractivity contribution in [3.63, 3.8) is 0 Å². The molecule has 2 rings (SSSR count). The zero-order valence-corrected chi connectivity index (χ0v) is 13.0. The van der Waals surface area contributed by atoms with Crippen molar-refractivity contribution >= 4 is 11.9 Å². The van der Waals surface area contributed by atoms with Gasteiger partial charge < -0.3 is 13.9 Å². The van der Waals surface area contributed by atoms with Crippen molar-refractivity contribution in [1.29, 1.82) is 0 Å². The van der Waals surface area contributed by atoms with Gasteiger partial charge in [-0.15, -0.1) is 0 Å². The molecule has 0 spiro atoms. The maximum atomic E-state index is 11.9. The van der Waals surface area contributed by atoms with Crippen molar-refractivity contribution in [3.8, 4) is 11.3 Å². The Balaban J connectivity index is 2.17. The molecule has 0 radical (unpaired) electrons. The second kappa shape index (κ2) is 6.05. The van der Waals surface area contributed by atoms with Crippen LogP contribution in [0.3, 0.4) is 0 Å². The smallest absolute Gasteiger partial charge is 0.373 e. The molecule has 1 heterocycles. The maximum absolute atomic E-state index is 11.9. The molecule has 1 aromatic heterocycles. The highest BCUT2D eigenvalue weighted by molar-refractivity contribution is 5.90. The van der Waals surface area contributed by atoms with E-state index < -0.39 is 11.6 Å². The van der Waals surface area contributed by atoms with Gasteiger partial charge in [-0.3, -0.25) is 0 Å². The lowest BCUT2D eigenvalue weighted by Gasteiger charge is -2.19. The Kier molecular flexibility index (Phi) is 4.35. The third kappa shape index (κ3) is 3.75. The first-order valence-corrected chi connectivity index (χ1v) is 6.82. The van der Waals surface area contributed by atoms with Crippen molar-refractivity contribution in [1.82, 2.24) is 0 Å². The molecule has 2 aromatic rings. The predicted octanol–water partition coefficient (Wildman–Crippen LogP) is 3.69. The SMILES string of the molecule is COC(=O)c1ccc(-c2ccc(C(=O)OC(C)(C)C)cc2)o1. The van der Waals surface area contributed by atoms with Crippen LogP contribution in [0, 0.1) is 0 Å². The summed E-state index contributed by atoms with van der Waals surface area (Å²) in [7, 11) is 1.29. The van der Waals surface area contributed by atoms with E-state index in [1.165, 1.54) is 7.11 Å². The molecule has 0 aliphatic heterocycles. The van der Waals surface area contributed by atoms with Gasteiger partial charge in [-0.25, -0.2) is 9.59 Å². The Labute approximate surface area is 128 Å². The Morgan fingerprint density at radius 1 is 0.955 bits per heavy atom. The number of hydrogen-bond donors (Lipinski definition) is 0. The molecule has 0 atom stereocenters. The molecule has 22 heavy (non-hydrogen) atoms. The molecule has 0 saturated carbocycles. The van der Waals surface area contributed by atoms with Crippen molar-refractivity contribution < 1.29 is 23.5 Å². The second-order valence-corrected chi connectivity index (χ2v) is 5.73. The summed E-state index contributed by atoms with van der Waals surface area (Å²) in [5.74, 6) is -0.254.